The van der Waals surface area contributed by atoms with Gasteiger partial charge in [-0.1, -0.05) is 29.8 Å². The molecule has 3 N–H and O–H groups in total. The number of carboxylic acids is 1. The van der Waals surface area contributed by atoms with E-state index in [9.17, 15) is 32.0 Å². The molecule has 16 nitrogen and oxygen atoms in total. The van der Waals surface area contributed by atoms with Gasteiger partial charge in [0.1, 0.15) is 11.6 Å². The van der Waals surface area contributed by atoms with Gasteiger partial charge in [0.05, 0.1) is 48.4 Å². The number of hydrogen-bond acceptors (Lipinski definition) is 12. The largest absolute Gasteiger partial charge is 0.489 e. The number of anilines is 2. The Morgan fingerprint density at radius 1 is 1.06 bits per heavy atom. The molecule has 272 valence electrons. The number of amides is 4. The number of imide groups is 1. The number of cyclic esters (lactones) is 1. The van der Waals surface area contributed by atoms with E-state index in [-0.39, 0.29) is 57.2 Å². The second-order valence-corrected chi connectivity index (χ2v) is 13.3. The highest BCUT2D eigenvalue weighted by molar-refractivity contribution is 7.89. The van der Waals surface area contributed by atoms with E-state index in [1.54, 1.807) is 18.6 Å². The van der Waals surface area contributed by atoms with E-state index in [0.29, 0.717) is 10.5 Å². The number of aromatic nitrogens is 2. The van der Waals surface area contributed by atoms with Gasteiger partial charge in [0, 0.05) is 6.07 Å². The number of nitrogens with one attached hydrogen (secondary N) is 2. The van der Waals surface area contributed by atoms with Crippen LogP contribution in [-0.4, -0.2) is 67.8 Å². The van der Waals surface area contributed by atoms with E-state index in [1.165, 1.54) is 50.6 Å². The molecular formula is C32H33ClFN5O11S. The number of ether oxygens (including phenoxy) is 4. The molecule has 0 bridgehead atoms. The van der Waals surface area contributed by atoms with Crippen molar-refractivity contribution in [3.8, 4) is 17.5 Å². The quantitative estimate of drug-likeness (QED) is 0.221. The van der Waals surface area contributed by atoms with Gasteiger partial charge in [-0.3, -0.25) is 10.1 Å². The lowest BCUT2D eigenvalue weighted by atomic mass is 10.1. The van der Waals surface area contributed by atoms with Crippen LogP contribution in [0.25, 0.3) is 0 Å². The van der Waals surface area contributed by atoms with Crippen LogP contribution >= 0.6 is 11.6 Å². The minimum absolute atomic E-state index is 0.00962. The molecule has 1 saturated carbocycles. The fourth-order valence-corrected chi connectivity index (χ4v) is 6.15. The van der Waals surface area contributed by atoms with Crippen LogP contribution in [0.4, 0.5) is 25.6 Å². The molecule has 0 radical (unpaired) electrons. The molecular weight excluding hydrogens is 717 g/mol. The van der Waals surface area contributed by atoms with Gasteiger partial charge in [0.25, 0.3) is 0 Å². The smallest absolute Gasteiger partial charge is 0.427 e. The van der Waals surface area contributed by atoms with E-state index in [1.807, 2.05) is 0 Å². The normalized spacial score (nSPS) is 14.3. The van der Waals surface area contributed by atoms with Gasteiger partial charge in [-0.05, 0) is 62.8 Å². The van der Waals surface area contributed by atoms with Crippen LogP contribution in [0.5, 0.6) is 17.5 Å². The standard InChI is InChI=1S/C17H17ClFNO4.C15H16N4O7S/c1-9(2)15-16(21)20(17(22)24-15)13-8-14(11(18)7-12(13)19)23-10-5-3-4-6-10;1-25-11-7-12(26-2)17-14(16-11)18-15(22)19-27(23,24)8-9-5-3-4-6-10(9)13(20)21/h7-8,10H,3-6H2,1-2H3;3-7H,8H2,1-2H3,(H,20,21)(H2,16,17,18,19,22). The highest BCUT2D eigenvalue weighted by Crippen LogP contribution is 2.37. The molecule has 1 saturated heterocycles. The van der Waals surface area contributed by atoms with E-state index < -0.39 is 45.6 Å². The highest BCUT2D eigenvalue weighted by atomic mass is 35.5. The first-order valence-corrected chi connectivity index (χ1v) is 17.1. The predicted octanol–water partition coefficient (Wildman–Crippen LogP) is 5.42. The van der Waals surface area contributed by atoms with Crippen molar-refractivity contribution in [2.24, 2.45) is 0 Å². The Hall–Kier alpha value is -5.49. The Labute approximate surface area is 296 Å². The number of methoxy groups -OCH3 is 2. The number of nitrogens with zero attached hydrogens (tertiary/aromatic N) is 3. The molecule has 2 heterocycles. The molecule has 1 aromatic heterocycles. The van der Waals surface area contributed by atoms with Crippen LogP contribution in [0, 0.1) is 5.82 Å². The minimum Gasteiger partial charge on any atom is -0.489 e. The number of carboxylic acid groups (broad SMARTS) is 1. The zero-order valence-corrected chi connectivity index (χ0v) is 29.3. The molecule has 2 fully saturated rings. The predicted molar refractivity (Wildman–Crippen MR) is 180 cm³/mol. The van der Waals surface area contributed by atoms with Gasteiger partial charge >= 0.3 is 24.0 Å². The fourth-order valence-electron chi connectivity index (χ4n) is 4.88. The Morgan fingerprint density at radius 2 is 1.69 bits per heavy atom. The summed E-state index contributed by atoms with van der Waals surface area (Å²) >= 11 is 6.04. The van der Waals surface area contributed by atoms with Crippen LogP contribution in [0.2, 0.25) is 5.02 Å². The van der Waals surface area contributed by atoms with Crippen molar-refractivity contribution in [3.63, 3.8) is 0 Å². The molecule has 19 heteroatoms. The highest BCUT2D eigenvalue weighted by Gasteiger charge is 2.40. The molecule has 0 spiro atoms. The number of aromatic carboxylic acids is 1. The third-order valence-electron chi connectivity index (χ3n) is 7.23. The summed E-state index contributed by atoms with van der Waals surface area (Å²) in [5.74, 6) is -3.37. The summed E-state index contributed by atoms with van der Waals surface area (Å²) in [6, 6.07) is 8.13. The number of sulfonamides is 1. The summed E-state index contributed by atoms with van der Waals surface area (Å²) in [5, 5.41) is 11.3. The van der Waals surface area contributed by atoms with E-state index in [4.69, 9.17) is 35.7 Å². The maximum atomic E-state index is 14.3. The fraction of sp³-hybridized carbons (Fsp3) is 0.312. The molecule has 0 atom stereocenters. The van der Waals surface area contributed by atoms with Crippen molar-refractivity contribution in [2.45, 2.75) is 51.4 Å². The second-order valence-electron chi connectivity index (χ2n) is 11.1. The summed E-state index contributed by atoms with van der Waals surface area (Å²) in [6.07, 6.45) is 3.00. The topological polar surface area (TPSA) is 213 Å². The van der Waals surface area contributed by atoms with E-state index in [0.717, 1.165) is 31.7 Å². The van der Waals surface area contributed by atoms with Crippen molar-refractivity contribution in [1.29, 1.82) is 0 Å². The van der Waals surface area contributed by atoms with Crippen LogP contribution in [-0.2, 0) is 25.3 Å². The van der Waals surface area contributed by atoms with Crippen molar-refractivity contribution >= 4 is 57.3 Å². The molecule has 2 aliphatic rings. The average Bonchev–Trinajstić information content (AvgIpc) is 3.69. The molecule has 0 unspecified atom stereocenters. The van der Waals surface area contributed by atoms with Gasteiger partial charge in [0.2, 0.25) is 27.7 Å². The van der Waals surface area contributed by atoms with Crippen LogP contribution in [0.1, 0.15) is 55.5 Å². The number of carbonyl (C=O) groups excluding carboxylic acids is 3. The first kappa shape index (κ1) is 38.3. The van der Waals surface area contributed by atoms with Crippen molar-refractivity contribution in [2.75, 3.05) is 24.4 Å². The van der Waals surface area contributed by atoms with Crippen molar-refractivity contribution in [3.05, 3.63) is 75.8 Å². The monoisotopic (exact) mass is 749 g/mol. The van der Waals surface area contributed by atoms with Gasteiger partial charge in [-0.15, -0.1) is 0 Å². The molecule has 3 aromatic rings. The summed E-state index contributed by atoms with van der Waals surface area (Å²) in [7, 11) is -1.50. The first-order chi connectivity index (χ1) is 24.1. The van der Waals surface area contributed by atoms with E-state index in [2.05, 4.69) is 15.3 Å². The van der Waals surface area contributed by atoms with Crippen LogP contribution < -0.4 is 29.1 Å². The number of halogens is 2. The number of benzene rings is 2. The molecule has 2 aromatic carbocycles. The Bertz CT molecular complexity index is 1960. The van der Waals surface area contributed by atoms with Crippen LogP contribution in [0.3, 0.4) is 0 Å². The SMILES string of the molecule is CC(C)=C1OC(=O)N(c2cc(OC3CCCC3)c(Cl)cc2F)C1=O.COc1cc(OC)nc(NC(=O)NS(=O)(=O)Cc2ccccc2C(=O)O)n1. The number of hydrogen-bond donors (Lipinski definition) is 3. The zero-order valence-electron chi connectivity index (χ0n) is 27.7. The number of allylic oxidation sites excluding steroid dienone is 1. The maximum Gasteiger partial charge on any atom is 0.427 e. The van der Waals surface area contributed by atoms with Crippen molar-refractivity contribution < 1.29 is 56.0 Å². The molecule has 1 aliphatic carbocycles. The number of carbonyl (C=O) groups is 4. The lowest BCUT2D eigenvalue weighted by Crippen LogP contribution is -2.36. The van der Waals surface area contributed by atoms with Gasteiger partial charge < -0.3 is 24.1 Å². The minimum atomic E-state index is -4.18. The van der Waals surface area contributed by atoms with Crippen LogP contribution in [0.15, 0.2) is 53.8 Å². The summed E-state index contributed by atoms with van der Waals surface area (Å²) in [4.78, 5) is 55.8. The zero-order chi connectivity index (χ0) is 37.5. The number of urea groups is 1. The van der Waals surface area contributed by atoms with Gasteiger partial charge in [0.15, 0.2) is 5.76 Å². The Morgan fingerprint density at radius 3 is 2.25 bits per heavy atom. The maximum absolute atomic E-state index is 14.3. The van der Waals surface area contributed by atoms with Gasteiger partial charge in [-0.2, -0.15) is 9.97 Å². The number of rotatable bonds is 10. The first-order valence-electron chi connectivity index (χ1n) is 15.1. The lowest BCUT2D eigenvalue weighted by Gasteiger charge is -2.18. The lowest BCUT2D eigenvalue weighted by molar-refractivity contribution is -0.114. The van der Waals surface area contributed by atoms with E-state index >= 15 is 0 Å². The average molecular weight is 750 g/mol. The molecule has 5 rings (SSSR count). The Kier molecular flexibility index (Phi) is 12.4. The molecule has 51 heavy (non-hydrogen) atoms. The molecule has 1 aliphatic heterocycles. The second kappa shape index (κ2) is 16.5. The summed E-state index contributed by atoms with van der Waals surface area (Å²) in [6.45, 7) is 3.27. The summed E-state index contributed by atoms with van der Waals surface area (Å²) < 4.78 is 61.0. The van der Waals surface area contributed by atoms with Crippen molar-refractivity contribution in [1.82, 2.24) is 14.7 Å². The summed E-state index contributed by atoms with van der Waals surface area (Å²) in [5.41, 5.74) is 0.167. The Balaban J connectivity index is 0.000000230. The third kappa shape index (κ3) is 9.82. The van der Waals surface area contributed by atoms with Gasteiger partial charge in [-0.25, -0.2) is 36.8 Å². The molecule has 4 amide bonds. The third-order valence-corrected chi connectivity index (χ3v) is 8.71.